The van der Waals surface area contributed by atoms with E-state index in [0.717, 1.165) is 77.8 Å². The Hall–Kier alpha value is -7.88. The van der Waals surface area contributed by atoms with Crippen LogP contribution in [0, 0.1) is 0 Å². The minimum Gasteiger partial charge on any atom is -0.456 e. The molecule has 0 unspecified atom stereocenters. The third-order valence-corrected chi connectivity index (χ3v) is 11.3. The normalized spacial score (nSPS) is 11.4. The van der Waals surface area contributed by atoms with E-state index < -0.39 is 0 Å². The molecule has 3 nitrogen and oxygen atoms in total. The van der Waals surface area contributed by atoms with Crippen LogP contribution >= 0.6 is 0 Å². The van der Waals surface area contributed by atoms with Gasteiger partial charge in [-0.1, -0.05) is 164 Å². The summed E-state index contributed by atoms with van der Waals surface area (Å²) in [5, 5.41) is 4.65. The standard InChI is InChI=1S/C56H36N2O/c1-3-12-37(13-4-1)39-22-24-40(25-23-39)47-32-48(45-28-29-55-51(35-45)50-20-9-10-21-54(50)59-55)34-49(33-47)53-36-52(57-56(58-53)41-15-5-2-6-16-41)46-19-11-18-43(31-46)44-27-26-38-14-7-8-17-42(38)30-44/h1-36H. The van der Waals surface area contributed by atoms with Gasteiger partial charge < -0.3 is 4.42 Å². The third kappa shape index (κ3) is 6.65. The number of hydrogen-bond acceptors (Lipinski definition) is 3. The van der Waals surface area contributed by atoms with Gasteiger partial charge in [0.25, 0.3) is 0 Å². The summed E-state index contributed by atoms with van der Waals surface area (Å²) in [5.74, 6) is 0.680. The molecule has 2 aromatic heterocycles. The molecular formula is C56H36N2O. The maximum atomic E-state index is 6.23. The van der Waals surface area contributed by atoms with E-state index in [1.54, 1.807) is 0 Å². The van der Waals surface area contributed by atoms with Crippen molar-refractivity contribution in [2.45, 2.75) is 0 Å². The van der Waals surface area contributed by atoms with Crippen molar-refractivity contribution in [3.05, 3.63) is 218 Å². The highest BCUT2D eigenvalue weighted by Crippen LogP contribution is 2.38. The first kappa shape index (κ1) is 34.4. The van der Waals surface area contributed by atoms with Gasteiger partial charge in [0.2, 0.25) is 0 Å². The second-order valence-electron chi connectivity index (χ2n) is 15.0. The molecule has 0 saturated carbocycles. The highest BCUT2D eigenvalue weighted by atomic mass is 16.3. The Bertz CT molecular complexity index is 3310. The van der Waals surface area contributed by atoms with Crippen LogP contribution in [0.2, 0.25) is 0 Å². The lowest BCUT2D eigenvalue weighted by Crippen LogP contribution is -1.97. The second kappa shape index (κ2) is 14.6. The van der Waals surface area contributed by atoms with Gasteiger partial charge in [0, 0.05) is 27.5 Å². The van der Waals surface area contributed by atoms with Crippen molar-refractivity contribution in [3.8, 4) is 78.4 Å². The predicted octanol–water partition coefficient (Wildman–Crippen LogP) is 15.2. The van der Waals surface area contributed by atoms with Gasteiger partial charge in [-0.15, -0.1) is 0 Å². The molecule has 276 valence electrons. The molecule has 0 N–H and O–H groups in total. The molecule has 0 saturated heterocycles. The van der Waals surface area contributed by atoms with E-state index in [-0.39, 0.29) is 0 Å². The topological polar surface area (TPSA) is 38.9 Å². The average Bonchev–Trinajstić information content (AvgIpc) is 3.70. The van der Waals surface area contributed by atoms with Gasteiger partial charge in [0.05, 0.1) is 11.4 Å². The van der Waals surface area contributed by atoms with Gasteiger partial charge >= 0.3 is 0 Å². The van der Waals surface area contributed by atoms with E-state index in [1.807, 2.05) is 30.3 Å². The zero-order valence-corrected chi connectivity index (χ0v) is 32.1. The van der Waals surface area contributed by atoms with Gasteiger partial charge in [0.15, 0.2) is 5.82 Å². The number of aromatic nitrogens is 2. The van der Waals surface area contributed by atoms with Crippen LogP contribution in [-0.2, 0) is 0 Å². The van der Waals surface area contributed by atoms with Gasteiger partial charge in [-0.25, -0.2) is 9.97 Å². The monoisotopic (exact) mass is 752 g/mol. The molecule has 0 spiro atoms. The first-order chi connectivity index (χ1) is 29.2. The lowest BCUT2D eigenvalue weighted by Gasteiger charge is -2.14. The lowest BCUT2D eigenvalue weighted by atomic mass is 9.93. The summed E-state index contributed by atoms with van der Waals surface area (Å²) < 4.78 is 6.23. The second-order valence-corrected chi connectivity index (χ2v) is 15.0. The number of benzene rings is 9. The summed E-state index contributed by atoms with van der Waals surface area (Å²) in [6.07, 6.45) is 0. The van der Waals surface area contributed by atoms with E-state index in [4.69, 9.17) is 14.4 Å². The summed E-state index contributed by atoms with van der Waals surface area (Å²) in [6, 6.07) is 77.2. The van der Waals surface area contributed by atoms with E-state index in [9.17, 15) is 0 Å². The Morgan fingerprint density at radius 2 is 0.746 bits per heavy atom. The van der Waals surface area contributed by atoms with Crippen molar-refractivity contribution in [2.24, 2.45) is 0 Å². The van der Waals surface area contributed by atoms with Crippen molar-refractivity contribution in [1.82, 2.24) is 9.97 Å². The average molecular weight is 753 g/mol. The molecule has 9 aromatic carbocycles. The molecule has 2 heterocycles. The number of para-hydroxylation sites is 1. The quantitative estimate of drug-likeness (QED) is 0.163. The Labute approximate surface area is 342 Å². The molecule has 0 fully saturated rings. The van der Waals surface area contributed by atoms with Crippen LogP contribution in [0.3, 0.4) is 0 Å². The van der Waals surface area contributed by atoms with E-state index in [0.29, 0.717) is 5.82 Å². The van der Waals surface area contributed by atoms with Crippen LogP contribution < -0.4 is 0 Å². The Morgan fingerprint density at radius 3 is 1.54 bits per heavy atom. The summed E-state index contributed by atoms with van der Waals surface area (Å²) in [5.41, 5.74) is 15.6. The number of fused-ring (bicyclic) bond motifs is 4. The summed E-state index contributed by atoms with van der Waals surface area (Å²) in [6.45, 7) is 0. The largest absolute Gasteiger partial charge is 0.456 e. The molecule has 0 aliphatic rings. The minimum atomic E-state index is 0.680. The fourth-order valence-corrected chi connectivity index (χ4v) is 8.19. The number of furan rings is 1. The van der Waals surface area contributed by atoms with Crippen molar-refractivity contribution < 1.29 is 4.42 Å². The molecular weight excluding hydrogens is 717 g/mol. The molecule has 11 rings (SSSR count). The molecule has 0 amide bonds. The van der Waals surface area contributed by atoms with Crippen molar-refractivity contribution in [2.75, 3.05) is 0 Å². The third-order valence-electron chi connectivity index (χ3n) is 11.3. The molecule has 3 heteroatoms. The van der Waals surface area contributed by atoms with E-state index >= 15 is 0 Å². The van der Waals surface area contributed by atoms with Crippen molar-refractivity contribution >= 4 is 32.7 Å². The molecule has 0 radical (unpaired) electrons. The van der Waals surface area contributed by atoms with Crippen LogP contribution in [0.25, 0.3) is 111 Å². The maximum Gasteiger partial charge on any atom is 0.160 e. The number of hydrogen-bond donors (Lipinski definition) is 0. The maximum absolute atomic E-state index is 6.23. The summed E-state index contributed by atoms with van der Waals surface area (Å²) in [4.78, 5) is 10.5. The van der Waals surface area contributed by atoms with E-state index in [2.05, 4.69) is 188 Å². The Morgan fingerprint density at radius 1 is 0.254 bits per heavy atom. The highest BCUT2D eigenvalue weighted by Gasteiger charge is 2.16. The van der Waals surface area contributed by atoms with Gasteiger partial charge in [-0.05, 0) is 110 Å². The molecule has 59 heavy (non-hydrogen) atoms. The van der Waals surface area contributed by atoms with Gasteiger partial charge in [0.1, 0.15) is 11.2 Å². The van der Waals surface area contributed by atoms with Crippen LogP contribution in [0.5, 0.6) is 0 Å². The summed E-state index contributed by atoms with van der Waals surface area (Å²) in [7, 11) is 0. The molecule has 0 atom stereocenters. The zero-order valence-electron chi connectivity index (χ0n) is 32.1. The van der Waals surface area contributed by atoms with Crippen molar-refractivity contribution in [3.63, 3.8) is 0 Å². The minimum absolute atomic E-state index is 0.680. The van der Waals surface area contributed by atoms with Crippen LogP contribution in [0.15, 0.2) is 223 Å². The van der Waals surface area contributed by atoms with Crippen LogP contribution in [0.4, 0.5) is 0 Å². The Balaban J connectivity index is 1.08. The SMILES string of the molecule is c1ccc(-c2ccc(-c3cc(-c4ccc5oc6ccccc6c5c4)cc(-c4cc(-c5cccc(-c6ccc7ccccc7c6)c5)nc(-c5ccccc5)n4)c3)cc2)cc1. The predicted molar refractivity (Wildman–Crippen MR) is 245 cm³/mol. The van der Waals surface area contributed by atoms with E-state index in [1.165, 1.54) is 27.5 Å². The fraction of sp³-hybridized carbons (Fsp3) is 0. The van der Waals surface area contributed by atoms with Gasteiger partial charge in [-0.2, -0.15) is 0 Å². The smallest absolute Gasteiger partial charge is 0.160 e. The first-order valence-electron chi connectivity index (χ1n) is 20.0. The van der Waals surface area contributed by atoms with Crippen molar-refractivity contribution in [1.29, 1.82) is 0 Å². The Kier molecular flexibility index (Phi) is 8.49. The number of nitrogens with zero attached hydrogens (tertiary/aromatic N) is 2. The molecule has 0 aliphatic carbocycles. The summed E-state index contributed by atoms with van der Waals surface area (Å²) >= 11 is 0. The molecule has 0 aliphatic heterocycles. The fourth-order valence-electron chi connectivity index (χ4n) is 8.19. The molecule has 11 aromatic rings. The lowest BCUT2D eigenvalue weighted by molar-refractivity contribution is 0.669. The number of rotatable bonds is 7. The van der Waals surface area contributed by atoms with Gasteiger partial charge in [-0.3, -0.25) is 0 Å². The highest BCUT2D eigenvalue weighted by molar-refractivity contribution is 6.06. The molecule has 0 bridgehead atoms. The van der Waals surface area contributed by atoms with Crippen LogP contribution in [-0.4, -0.2) is 9.97 Å². The first-order valence-corrected chi connectivity index (χ1v) is 20.0. The zero-order chi connectivity index (χ0) is 39.1. The van der Waals surface area contributed by atoms with Crippen LogP contribution in [0.1, 0.15) is 0 Å².